The molecule has 1 atom stereocenters. The number of ketones is 1. The Balaban J connectivity index is 1.72. The van der Waals surface area contributed by atoms with E-state index in [4.69, 9.17) is 0 Å². The quantitative estimate of drug-likeness (QED) is 0.276. The molecule has 2 N–H and O–H groups in total. The minimum Gasteiger partial charge on any atom is -0.507 e. The molecule has 1 aliphatic heterocycles. The Kier molecular flexibility index (Phi) is 4.48. The Morgan fingerprint density at radius 1 is 1.06 bits per heavy atom. The SMILES string of the molecule is Cc1ccc(/C(O)=C2\C(=O)C(=O)N(c3nc4ccccc4[nH]3)C2c2cccs2)cc1C. The van der Waals surface area contributed by atoms with Crippen molar-refractivity contribution in [2.24, 2.45) is 0 Å². The number of hydrogen-bond donors (Lipinski definition) is 2. The monoisotopic (exact) mass is 429 g/mol. The number of aryl methyl sites for hydroxylation is 2. The van der Waals surface area contributed by atoms with E-state index in [2.05, 4.69) is 9.97 Å². The number of para-hydroxylation sites is 2. The number of aliphatic hydroxyl groups excluding tert-OH is 1. The number of aromatic amines is 1. The van der Waals surface area contributed by atoms with Gasteiger partial charge in [0.15, 0.2) is 0 Å². The third-order valence-corrected chi connectivity index (χ3v) is 6.57. The van der Waals surface area contributed by atoms with Gasteiger partial charge in [0.05, 0.1) is 16.6 Å². The first-order valence-electron chi connectivity index (χ1n) is 9.82. The Labute approximate surface area is 182 Å². The summed E-state index contributed by atoms with van der Waals surface area (Å²) in [6.45, 7) is 3.92. The van der Waals surface area contributed by atoms with Gasteiger partial charge in [-0.2, -0.15) is 0 Å². The number of amides is 1. The maximum Gasteiger partial charge on any atom is 0.302 e. The van der Waals surface area contributed by atoms with E-state index in [1.807, 2.05) is 67.8 Å². The maximum absolute atomic E-state index is 13.1. The number of thiophene rings is 1. The van der Waals surface area contributed by atoms with Gasteiger partial charge in [0.1, 0.15) is 11.8 Å². The van der Waals surface area contributed by atoms with Crippen LogP contribution in [-0.4, -0.2) is 26.8 Å². The van der Waals surface area contributed by atoms with Crippen LogP contribution in [0.4, 0.5) is 5.95 Å². The second-order valence-corrected chi connectivity index (χ2v) is 8.54. The van der Waals surface area contributed by atoms with Crippen molar-refractivity contribution in [3.8, 4) is 0 Å². The number of aromatic nitrogens is 2. The van der Waals surface area contributed by atoms with Gasteiger partial charge in [0.2, 0.25) is 5.95 Å². The number of hydrogen-bond acceptors (Lipinski definition) is 5. The molecular formula is C24H19N3O3S. The van der Waals surface area contributed by atoms with Crippen LogP contribution in [0.15, 0.2) is 65.6 Å². The summed E-state index contributed by atoms with van der Waals surface area (Å²) in [4.78, 5) is 36.0. The molecule has 7 heteroatoms. The molecule has 0 aliphatic carbocycles. The van der Waals surface area contributed by atoms with E-state index in [-0.39, 0.29) is 17.3 Å². The number of fused-ring (bicyclic) bond motifs is 1. The van der Waals surface area contributed by atoms with Crippen LogP contribution in [0.2, 0.25) is 0 Å². The minimum atomic E-state index is -0.762. The molecule has 4 aromatic rings. The van der Waals surface area contributed by atoms with Crippen LogP contribution in [0, 0.1) is 13.8 Å². The lowest BCUT2D eigenvalue weighted by atomic mass is 9.98. The van der Waals surface area contributed by atoms with E-state index in [9.17, 15) is 14.7 Å². The summed E-state index contributed by atoms with van der Waals surface area (Å²) in [7, 11) is 0. The number of H-pyrrole nitrogens is 1. The molecule has 0 saturated carbocycles. The molecule has 1 unspecified atom stereocenters. The van der Waals surface area contributed by atoms with Crippen LogP contribution in [0.5, 0.6) is 0 Å². The number of Topliss-reactive ketones (excluding diaryl/α,β-unsaturated/α-hetero) is 1. The first-order valence-corrected chi connectivity index (χ1v) is 10.7. The number of imidazole rings is 1. The molecule has 1 amide bonds. The Hall–Kier alpha value is -3.71. The van der Waals surface area contributed by atoms with Crippen molar-refractivity contribution in [1.29, 1.82) is 0 Å². The molecule has 6 nitrogen and oxygen atoms in total. The second-order valence-electron chi connectivity index (χ2n) is 7.56. The lowest BCUT2D eigenvalue weighted by molar-refractivity contribution is -0.132. The Bertz CT molecular complexity index is 1340. The lowest BCUT2D eigenvalue weighted by Gasteiger charge is -2.21. The smallest absolute Gasteiger partial charge is 0.302 e. The fourth-order valence-electron chi connectivity index (χ4n) is 3.86. The van der Waals surface area contributed by atoms with E-state index in [0.717, 1.165) is 21.5 Å². The minimum absolute atomic E-state index is 0.0659. The van der Waals surface area contributed by atoms with E-state index in [1.165, 1.54) is 16.2 Å². The summed E-state index contributed by atoms with van der Waals surface area (Å²) in [6.07, 6.45) is 0. The zero-order chi connectivity index (χ0) is 21.7. The first-order chi connectivity index (χ1) is 15.0. The topological polar surface area (TPSA) is 86.3 Å². The zero-order valence-electron chi connectivity index (χ0n) is 16.9. The Morgan fingerprint density at radius 2 is 1.87 bits per heavy atom. The van der Waals surface area contributed by atoms with Gasteiger partial charge >= 0.3 is 5.91 Å². The van der Waals surface area contributed by atoms with Gasteiger partial charge in [-0.1, -0.05) is 30.3 Å². The third-order valence-electron chi connectivity index (χ3n) is 5.64. The van der Waals surface area contributed by atoms with Crippen LogP contribution in [0.3, 0.4) is 0 Å². The molecule has 0 bridgehead atoms. The molecule has 2 aromatic carbocycles. The molecule has 1 aliphatic rings. The average Bonchev–Trinajstić information content (AvgIpc) is 3.48. The van der Waals surface area contributed by atoms with Crippen molar-refractivity contribution in [3.63, 3.8) is 0 Å². The molecule has 3 heterocycles. The van der Waals surface area contributed by atoms with Crippen molar-refractivity contribution in [1.82, 2.24) is 9.97 Å². The van der Waals surface area contributed by atoms with Crippen molar-refractivity contribution in [3.05, 3.63) is 87.1 Å². The highest BCUT2D eigenvalue weighted by Gasteiger charge is 2.48. The van der Waals surface area contributed by atoms with E-state index in [0.29, 0.717) is 11.1 Å². The van der Waals surface area contributed by atoms with Crippen molar-refractivity contribution in [2.45, 2.75) is 19.9 Å². The van der Waals surface area contributed by atoms with E-state index >= 15 is 0 Å². The van der Waals surface area contributed by atoms with Crippen molar-refractivity contribution >= 4 is 45.8 Å². The molecule has 154 valence electrons. The van der Waals surface area contributed by atoms with Crippen LogP contribution in [-0.2, 0) is 9.59 Å². The van der Waals surface area contributed by atoms with E-state index < -0.39 is 17.7 Å². The highest BCUT2D eigenvalue weighted by molar-refractivity contribution is 7.10. The predicted octanol–water partition coefficient (Wildman–Crippen LogP) is 4.87. The normalized spacial score (nSPS) is 18.3. The van der Waals surface area contributed by atoms with Crippen LogP contribution < -0.4 is 4.90 Å². The Morgan fingerprint density at radius 3 is 2.58 bits per heavy atom. The summed E-state index contributed by atoms with van der Waals surface area (Å²) in [5.41, 5.74) is 4.10. The number of nitrogens with zero attached hydrogens (tertiary/aromatic N) is 2. The number of carbonyl (C=O) groups is 2. The predicted molar refractivity (Wildman–Crippen MR) is 121 cm³/mol. The average molecular weight is 430 g/mol. The van der Waals surface area contributed by atoms with E-state index in [1.54, 1.807) is 6.07 Å². The molecular weight excluding hydrogens is 410 g/mol. The van der Waals surface area contributed by atoms with Gasteiger partial charge in [0.25, 0.3) is 5.78 Å². The van der Waals surface area contributed by atoms with Crippen LogP contribution >= 0.6 is 11.3 Å². The summed E-state index contributed by atoms with van der Waals surface area (Å²) < 4.78 is 0. The highest BCUT2D eigenvalue weighted by Crippen LogP contribution is 2.43. The van der Waals surface area contributed by atoms with Gasteiger partial charge in [-0.3, -0.25) is 14.5 Å². The fraction of sp³-hybridized carbons (Fsp3) is 0.125. The van der Waals surface area contributed by atoms with Gasteiger partial charge in [-0.25, -0.2) is 4.98 Å². The summed E-state index contributed by atoms with van der Waals surface area (Å²) in [5, 5.41) is 13.0. The van der Waals surface area contributed by atoms with Crippen LogP contribution in [0.1, 0.15) is 27.6 Å². The molecule has 31 heavy (non-hydrogen) atoms. The van der Waals surface area contributed by atoms with Gasteiger partial charge in [0, 0.05) is 10.4 Å². The van der Waals surface area contributed by atoms with Gasteiger partial charge < -0.3 is 10.1 Å². The molecule has 5 rings (SSSR count). The van der Waals surface area contributed by atoms with Crippen molar-refractivity contribution < 1.29 is 14.7 Å². The molecule has 0 spiro atoms. The highest BCUT2D eigenvalue weighted by atomic mass is 32.1. The number of anilines is 1. The molecule has 2 aromatic heterocycles. The van der Waals surface area contributed by atoms with Gasteiger partial charge in [-0.05, 0) is 54.6 Å². The number of benzene rings is 2. The standard InChI is InChI=1S/C24H19N3O3S/c1-13-9-10-15(12-14(13)2)21(28)19-20(18-8-5-11-31-18)27(23(30)22(19)29)24-25-16-6-3-4-7-17(16)26-24/h3-12,20,28H,1-2H3,(H,25,26)/b21-19+. The zero-order valence-corrected chi connectivity index (χ0v) is 17.7. The number of carbonyl (C=O) groups excluding carboxylic acids is 2. The maximum atomic E-state index is 13.1. The first kappa shape index (κ1) is 19.3. The molecule has 1 saturated heterocycles. The largest absolute Gasteiger partial charge is 0.507 e. The number of rotatable bonds is 3. The van der Waals surface area contributed by atoms with Crippen LogP contribution in [0.25, 0.3) is 16.8 Å². The fourth-order valence-corrected chi connectivity index (χ4v) is 4.69. The number of aliphatic hydroxyl groups is 1. The second kappa shape index (κ2) is 7.21. The summed E-state index contributed by atoms with van der Waals surface area (Å²) in [5.74, 6) is -1.35. The summed E-state index contributed by atoms with van der Waals surface area (Å²) >= 11 is 1.42. The molecule has 0 radical (unpaired) electrons. The third kappa shape index (κ3) is 3.05. The molecule has 1 fully saturated rings. The number of nitrogens with one attached hydrogen (secondary N) is 1. The van der Waals surface area contributed by atoms with Gasteiger partial charge in [-0.15, -0.1) is 11.3 Å². The lowest BCUT2D eigenvalue weighted by Crippen LogP contribution is -2.30. The summed E-state index contributed by atoms with van der Waals surface area (Å²) in [6, 6.07) is 15.8. The van der Waals surface area contributed by atoms with Crippen molar-refractivity contribution in [2.75, 3.05) is 4.90 Å².